The first kappa shape index (κ1) is 19.8. The second-order valence-corrected chi connectivity index (χ2v) is 8.80. The maximum atomic E-state index is 12.8. The van der Waals surface area contributed by atoms with E-state index in [1.54, 1.807) is 0 Å². The number of ether oxygens (including phenoxy) is 2. The van der Waals surface area contributed by atoms with Crippen LogP contribution in [-0.4, -0.2) is 53.7 Å². The number of aromatic nitrogens is 1. The lowest BCUT2D eigenvalue weighted by Gasteiger charge is -2.34. The van der Waals surface area contributed by atoms with Gasteiger partial charge < -0.3 is 18.8 Å². The molecule has 1 aromatic heterocycles. The van der Waals surface area contributed by atoms with Crippen molar-refractivity contribution < 1.29 is 18.7 Å². The summed E-state index contributed by atoms with van der Waals surface area (Å²) in [6.07, 6.45) is 0.275. The number of hydrogen-bond donors (Lipinski definition) is 0. The molecular formula is C22H29N3O4. The minimum Gasteiger partial charge on any atom is -0.454 e. The van der Waals surface area contributed by atoms with Gasteiger partial charge in [0, 0.05) is 38.1 Å². The fourth-order valence-electron chi connectivity index (χ4n) is 3.61. The first-order valence-electron chi connectivity index (χ1n) is 10.1. The minimum atomic E-state index is -0.160. The highest BCUT2D eigenvalue weighted by Gasteiger charge is 2.26. The fraction of sp³-hybridized carbons (Fsp3) is 0.545. The third-order valence-corrected chi connectivity index (χ3v) is 5.41. The van der Waals surface area contributed by atoms with Crippen LogP contribution in [0.15, 0.2) is 22.6 Å². The molecule has 0 saturated carbocycles. The lowest BCUT2D eigenvalue weighted by atomic mass is 9.97. The summed E-state index contributed by atoms with van der Waals surface area (Å²) in [4.78, 5) is 21.5. The molecule has 7 nitrogen and oxygen atoms in total. The third kappa shape index (κ3) is 4.40. The summed E-state index contributed by atoms with van der Waals surface area (Å²) in [6.45, 7) is 12.4. The van der Waals surface area contributed by atoms with E-state index >= 15 is 0 Å². The Morgan fingerprint density at radius 1 is 1.10 bits per heavy atom. The van der Waals surface area contributed by atoms with Crippen molar-refractivity contribution in [2.45, 2.75) is 46.1 Å². The number of fused-ring (bicyclic) bond motifs is 1. The maximum Gasteiger partial charge on any atom is 0.231 e. The normalized spacial score (nSPS) is 17.0. The number of amides is 1. The molecule has 1 saturated heterocycles. The summed E-state index contributed by atoms with van der Waals surface area (Å²) in [5.74, 6) is 3.09. The first-order valence-corrected chi connectivity index (χ1v) is 10.1. The van der Waals surface area contributed by atoms with E-state index in [0.29, 0.717) is 18.4 Å². The Kier molecular flexibility index (Phi) is 5.25. The van der Waals surface area contributed by atoms with Crippen LogP contribution in [0.5, 0.6) is 11.5 Å². The topological polar surface area (TPSA) is 68.0 Å². The Morgan fingerprint density at radius 2 is 1.83 bits per heavy atom. The summed E-state index contributed by atoms with van der Waals surface area (Å²) in [6, 6.07) is 6.08. The molecular weight excluding hydrogens is 370 g/mol. The fourth-order valence-corrected chi connectivity index (χ4v) is 3.61. The van der Waals surface area contributed by atoms with Gasteiger partial charge in [-0.1, -0.05) is 26.8 Å². The van der Waals surface area contributed by atoms with Crippen LogP contribution in [-0.2, 0) is 23.2 Å². The van der Waals surface area contributed by atoms with Crippen LogP contribution in [0.3, 0.4) is 0 Å². The van der Waals surface area contributed by atoms with Crippen LogP contribution in [0.25, 0.3) is 0 Å². The molecule has 0 aliphatic carbocycles. The molecule has 0 N–H and O–H groups in total. The molecule has 1 amide bonds. The summed E-state index contributed by atoms with van der Waals surface area (Å²) in [5, 5.41) is 0. The maximum absolute atomic E-state index is 12.8. The Hall–Kier alpha value is -2.54. The van der Waals surface area contributed by atoms with Crippen molar-refractivity contribution in [2.24, 2.45) is 0 Å². The van der Waals surface area contributed by atoms with E-state index in [-0.39, 0.29) is 17.7 Å². The van der Waals surface area contributed by atoms with Gasteiger partial charge >= 0.3 is 0 Å². The number of carbonyl (C=O) groups is 1. The highest BCUT2D eigenvalue weighted by Crippen LogP contribution is 2.33. The molecule has 2 aromatic rings. The van der Waals surface area contributed by atoms with Crippen molar-refractivity contribution in [2.75, 3.05) is 33.0 Å². The van der Waals surface area contributed by atoms with Gasteiger partial charge in [0.25, 0.3) is 0 Å². The molecule has 0 spiro atoms. The quantitative estimate of drug-likeness (QED) is 0.788. The van der Waals surface area contributed by atoms with E-state index in [0.717, 1.165) is 49.9 Å². The van der Waals surface area contributed by atoms with Crippen molar-refractivity contribution >= 4 is 5.91 Å². The highest BCUT2D eigenvalue weighted by atomic mass is 16.7. The predicted octanol–water partition coefficient (Wildman–Crippen LogP) is 2.90. The molecule has 7 heteroatoms. The average Bonchev–Trinajstić information content (AvgIpc) is 3.28. The van der Waals surface area contributed by atoms with Crippen LogP contribution in [0.2, 0.25) is 0 Å². The predicted molar refractivity (Wildman–Crippen MR) is 108 cm³/mol. The van der Waals surface area contributed by atoms with E-state index in [1.165, 1.54) is 5.56 Å². The van der Waals surface area contributed by atoms with Crippen LogP contribution in [0, 0.1) is 6.92 Å². The molecule has 0 unspecified atom stereocenters. The molecule has 1 aromatic carbocycles. The third-order valence-electron chi connectivity index (χ3n) is 5.41. The Morgan fingerprint density at radius 3 is 2.52 bits per heavy atom. The lowest BCUT2D eigenvalue weighted by molar-refractivity contribution is -0.132. The molecule has 0 atom stereocenters. The standard InChI is InChI=1S/C22H29N3O4/c1-15-18(29-21(23-15)22(2,3)4)12-20(26)25-9-7-24(8-10-25)13-16-5-6-17-19(11-16)28-14-27-17/h5-6,11H,7-10,12-14H2,1-4H3. The lowest BCUT2D eigenvalue weighted by Crippen LogP contribution is -2.48. The molecule has 3 heterocycles. The number of rotatable bonds is 4. The van der Waals surface area contributed by atoms with Crippen molar-refractivity contribution in [1.29, 1.82) is 0 Å². The number of oxazole rings is 1. The largest absolute Gasteiger partial charge is 0.454 e. The number of piperazine rings is 1. The molecule has 156 valence electrons. The van der Waals surface area contributed by atoms with E-state index < -0.39 is 0 Å². The van der Waals surface area contributed by atoms with Gasteiger partial charge in [0.05, 0.1) is 12.1 Å². The van der Waals surface area contributed by atoms with Gasteiger partial charge in [-0.05, 0) is 24.6 Å². The van der Waals surface area contributed by atoms with E-state index in [2.05, 4.69) is 36.7 Å². The Labute approximate surface area is 171 Å². The van der Waals surface area contributed by atoms with Crippen molar-refractivity contribution in [1.82, 2.24) is 14.8 Å². The molecule has 2 aliphatic heterocycles. The average molecular weight is 399 g/mol. The Balaban J connectivity index is 1.30. The molecule has 4 rings (SSSR count). The van der Waals surface area contributed by atoms with E-state index in [9.17, 15) is 4.79 Å². The molecule has 1 fully saturated rings. The Bertz CT molecular complexity index is 892. The molecule has 2 aliphatic rings. The summed E-state index contributed by atoms with van der Waals surface area (Å²) >= 11 is 0. The molecule has 29 heavy (non-hydrogen) atoms. The second kappa shape index (κ2) is 7.71. The number of carbonyl (C=O) groups excluding carboxylic acids is 1. The number of hydrogen-bond acceptors (Lipinski definition) is 6. The van der Waals surface area contributed by atoms with Gasteiger partial charge in [0.2, 0.25) is 12.7 Å². The summed E-state index contributed by atoms with van der Waals surface area (Å²) in [7, 11) is 0. The number of benzene rings is 1. The number of aryl methyl sites for hydroxylation is 1. The van der Waals surface area contributed by atoms with Gasteiger partial charge in [-0.2, -0.15) is 0 Å². The summed E-state index contributed by atoms with van der Waals surface area (Å²) < 4.78 is 16.7. The number of nitrogens with zero attached hydrogens (tertiary/aromatic N) is 3. The minimum absolute atomic E-state index is 0.104. The monoisotopic (exact) mass is 399 g/mol. The highest BCUT2D eigenvalue weighted by molar-refractivity contribution is 5.78. The SMILES string of the molecule is Cc1nc(C(C)(C)C)oc1CC(=O)N1CCN(Cc2ccc3c(c2)OCO3)CC1. The zero-order valence-corrected chi connectivity index (χ0v) is 17.7. The molecule has 0 bridgehead atoms. The van der Waals surface area contributed by atoms with Crippen LogP contribution < -0.4 is 9.47 Å². The van der Waals surface area contributed by atoms with Crippen LogP contribution in [0.1, 0.15) is 43.7 Å². The van der Waals surface area contributed by atoms with E-state index in [1.807, 2.05) is 24.0 Å². The molecule has 0 radical (unpaired) electrons. The van der Waals surface area contributed by atoms with Gasteiger partial charge in [0.15, 0.2) is 17.4 Å². The first-order chi connectivity index (χ1) is 13.8. The zero-order valence-electron chi connectivity index (χ0n) is 17.7. The van der Waals surface area contributed by atoms with Gasteiger partial charge in [-0.25, -0.2) is 4.98 Å². The van der Waals surface area contributed by atoms with Gasteiger partial charge in [-0.15, -0.1) is 0 Å². The van der Waals surface area contributed by atoms with Crippen molar-refractivity contribution in [3.63, 3.8) is 0 Å². The zero-order chi connectivity index (χ0) is 20.6. The van der Waals surface area contributed by atoms with E-state index in [4.69, 9.17) is 13.9 Å². The van der Waals surface area contributed by atoms with Crippen LogP contribution in [0.4, 0.5) is 0 Å². The van der Waals surface area contributed by atoms with Crippen molar-refractivity contribution in [3.8, 4) is 11.5 Å². The second-order valence-electron chi connectivity index (χ2n) is 8.80. The van der Waals surface area contributed by atoms with Gasteiger partial charge in [-0.3, -0.25) is 9.69 Å². The smallest absolute Gasteiger partial charge is 0.231 e. The van der Waals surface area contributed by atoms with Crippen molar-refractivity contribution in [3.05, 3.63) is 41.1 Å². The van der Waals surface area contributed by atoms with Crippen LogP contribution >= 0.6 is 0 Å². The van der Waals surface area contributed by atoms with Gasteiger partial charge in [0.1, 0.15) is 5.76 Å². The summed E-state index contributed by atoms with van der Waals surface area (Å²) in [5.41, 5.74) is 1.85.